The van der Waals surface area contributed by atoms with Crippen LogP contribution in [0.2, 0.25) is 0 Å². The van der Waals surface area contributed by atoms with Gasteiger partial charge in [-0.15, -0.1) is 0 Å². The minimum absolute atomic E-state index is 0.225. The summed E-state index contributed by atoms with van der Waals surface area (Å²) in [7, 11) is -2.83. The lowest BCUT2D eigenvalue weighted by molar-refractivity contribution is -0.138. The van der Waals surface area contributed by atoms with Gasteiger partial charge in [0, 0.05) is 11.7 Å². The maximum Gasteiger partial charge on any atom is 0.334 e. The predicted octanol–water partition coefficient (Wildman–Crippen LogP) is 5.95. The van der Waals surface area contributed by atoms with Crippen LogP contribution in [0.4, 0.5) is 0 Å². The highest BCUT2D eigenvalue weighted by Crippen LogP contribution is 2.49. The Bertz CT molecular complexity index is 453. The molecule has 0 bridgehead atoms. The average molecular weight is 372 g/mol. The SMILES string of the molecule is CCCCCCP(=O)(C/C(=C/C1CCCCC1)C(=O)OCC)OCC. The molecule has 1 aliphatic rings. The van der Waals surface area contributed by atoms with Gasteiger partial charge in [-0.1, -0.05) is 51.5 Å². The normalized spacial score (nSPS) is 18.8. The predicted molar refractivity (Wildman–Crippen MR) is 104 cm³/mol. The smallest absolute Gasteiger partial charge is 0.334 e. The third-order valence-corrected chi connectivity index (χ3v) is 7.30. The molecule has 0 aromatic rings. The Kier molecular flexibility index (Phi) is 11.4. The second-order valence-corrected chi connectivity index (χ2v) is 9.64. The summed E-state index contributed by atoms with van der Waals surface area (Å²) in [5, 5.41) is 0. The molecule has 1 atom stereocenters. The van der Waals surface area contributed by atoms with Crippen LogP contribution in [0.1, 0.15) is 78.6 Å². The Morgan fingerprint density at radius 3 is 2.36 bits per heavy atom. The van der Waals surface area contributed by atoms with Gasteiger partial charge < -0.3 is 9.26 Å². The van der Waals surface area contributed by atoms with Crippen LogP contribution >= 0.6 is 7.37 Å². The van der Waals surface area contributed by atoms with Gasteiger partial charge in [-0.2, -0.15) is 0 Å². The first kappa shape index (κ1) is 22.4. The first-order valence-electron chi connectivity index (χ1n) is 10.1. The maximum atomic E-state index is 13.3. The van der Waals surface area contributed by atoms with Gasteiger partial charge in [0.1, 0.15) is 0 Å². The van der Waals surface area contributed by atoms with Crippen molar-refractivity contribution in [3.8, 4) is 0 Å². The Labute approximate surface area is 154 Å². The van der Waals surface area contributed by atoms with Gasteiger partial charge in [-0.05, 0) is 39.0 Å². The lowest BCUT2D eigenvalue weighted by Crippen LogP contribution is -2.16. The van der Waals surface area contributed by atoms with Crippen molar-refractivity contribution in [3.63, 3.8) is 0 Å². The molecular weight excluding hydrogens is 335 g/mol. The van der Waals surface area contributed by atoms with E-state index in [0.717, 1.165) is 38.5 Å². The van der Waals surface area contributed by atoms with Crippen molar-refractivity contribution < 1.29 is 18.6 Å². The molecule has 0 spiro atoms. The van der Waals surface area contributed by atoms with E-state index in [1.54, 1.807) is 0 Å². The lowest BCUT2D eigenvalue weighted by Gasteiger charge is -2.22. The van der Waals surface area contributed by atoms with Crippen LogP contribution in [0.25, 0.3) is 0 Å². The molecule has 1 saturated carbocycles. The number of unbranched alkanes of at least 4 members (excludes halogenated alkanes) is 3. The molecule has 4 nitrogen and oxygen atoms in total. The molecule has 0 amide bonds. The van der Waals surface area contributed by atoms with E-state index < -0.39 is 7.37 Å². The highest BCUT2D eigenvalue weighted by molar-refractivity contribution is 7.59. The third-order valence-electron chi connectivity index (χ3n) is 4.75. The third kappa shape index (κ3) is 9.06. The quantitative estimate of drug-likeness (QED) is 0.184. The maximum absolute atomic E-state index is 13.3. The zero-order valence-corrected chi connectivity index (χ0v) is 17.3. The highest BCUT2D eigenvalue weighted by Gasteiger charge is 2.28. The van der Waals surface area contributed by atoms with Gasteiger partial charge in [-0.25, -0.2) is 4.79 Å². The highest BCUT2D eigenvalue weighted by atomic mass is 31.2. The van der Waals surface area contributed by atoms with Crippen LogP contribution in [-0.2, 0) is 18.6 Å². The van der Waals surface area contributed by atoms with E-state index in [1.807, 2.05) is 19.9 Å². The average Bonchev–Trinajstić information content (AvgIpc) is 2.60. The number of allylic oxidation sites excluding steroid dienone is 1. The van der Waals surface area contributed by atoms with Crippen LogP contribution < -0.4 is 0 Å². The zero-order chi connectivity index (χ0) is 18.5. The molecule has 0 radical (unpaired) electrons. The van der Waals surface area contributed by atoms with E-state index in [-0.39, 0.29) is 12.1 Å². The van der Waals surface area contributed by atoms with Crippen LogP contribution in [0.3, 0.4) is 0 Å². The summed E-state index contributed by atoms with van der Waals surface area (Å²) < 4.78 is 24.2. The molecule has 0 heterocycles. The number of hydrogen-bond donors (Lipinski definition) is 0. The molecular formula is C20H37O4P. The van der Waals surface area contributed by atoms with Crippen molar-refractivity contribution in [1.29, 1.82) is 0 Å². The summed E-state index contributed by atoms with van der Waals surface area (Å²) >= 11 is 0. The van der Waals surface area contributed by atoms with Gasteiger partial charge in [0.15, 0.2) is 0 Å². The van der Waals surface area contributed by atoms with Gasteiger partial charge >= 0.3 is 5.97 Å². The van der Waals surface area contributed by atoms with Crippen LogP contribution in [-0.4, -0.2) is 31.5 Å². The first-order valence-corrected chi connectivity index (χ1v) is 12.1. The van der Waals surface area contributed by atoms with Crippen LogP contribution in [0, 0.1) is 5.92 Å². The van der Waals surface area contributed by atoms with Crippen molar-refractivity contribution in [2.75, 3.05) is 25.5 Å². The van der Waals surface area contributed by atoms with E-state index in [0.29, 0.717) is 30.9 Å². The monoisotopic (exact) mass is 372 g/mol. The fourth-order valence-electron chi connectivity index (χ4n) is 3.46. The Morgan fingerprint density at radius 2 is 1.76 bits per heavy atom. The van der Waals surface area contributed by atoms with Gasteiger partial charge in [-0.3, -0.25) is 4.57 Å². The number of ether oxygens (including phenoxy) is 1. The van der Waals surface area contributed by atoms with E-state index in [2.05, 4.69) is 6.92 Å². The molecule has 25 heavy (non-hydrogen) atoms. The van der Waals surface area contributed by atoms with Crippen molar-refractivity contribution in [3.05, 3.63) is 11.6 Å². The van der Waals surface area contributed by atoms with E-state index in [9.17, 15) is 9.36 Å². The van der Waals surface area contributed by atoms with Crippen LogP contribution in [0.5, 0.6) is 0 Å². The van der Waals surface area contributed by atoms with Crippen LogP contribution in [0.15, 0.2) is 11.6 Å². The molecule has 0 aliphatic heterocycles. The Hall–Kier alpha value is -0.600. The minimum Gasteiger partial charge on any atom is -0.463 e. The van der Waals surface area contributed by atoms with E-state index >= 15 is 0 Å². The fourth-order valence-corrected chi connectivity index (χ4v) is 5.77. The summed E-state index contributed by atoms with van der Waals surface area (Å²) in [6.07, 6.45) is 13.0. The molecule has 1 rings (SSSR count). The zero-order valence-electron chi connectivity index (χ0n) is 16.4. The molecule has 1 fully saturated rings. The number of esters is 1. The largest absolute Gasteiger partial charge is 0.463 e. The van der Waals surface area contributed by atoms with E-state index in [4.69, 9.17) is 9.26 Å². The molecule has 1 unspecified atom stereocenters. The summed E-state index contributed by atoms with van der Waals surface area (Å²) in [6, 6.07) is 0. The number of hydrogen-bond acceptors (Lipinski definition) is 4. The van der Waals surface area contributed by atoms with Gasteiger partial charge in [0.25, 0.3) is 0 Å². The summed E-state index contributed by atoms with van der Waals surface area (Å²) in [5.41, 5.74) is 0.570. The number of carbonyl (C=O) groups is 1. The number of carbonyl (C=O) groups excluding carboxylic acids is 1. The fraction of sp³-hybridized carbons (Fsp3) is 0.850. The molecule has 0 aromatic heterocycles. The molecule has 5 heteroatoms. The van der Waals surface area contributed by atoms with Gasteiger partial charge in [0.05, 0.1) is 19.4 Å². The standard InChI is InChI=1S/C20H37O4P/c1-4-7-8-12-15-25(22,24-6-3)17-19(20(21)23-5-2)16-18-13-10-9-11-14-18/h16,18H,4-15,17H2,1-3H3/b19-16-. The van der Waals surface area contributed by atoms with Crippen molar-refractivity contribution >= 4 is 13.3 Å². The summed E-state index contributed by atoms with van der Waals surface area (Å²) in [5.74, 6) is 0.0879. The number of rotatable bonds is 12. The molecule has 0 aromatic carbocycles. The minimum atomic E-state index is -2.83. The summed E-state index contributed by atoms with van der Waals surface area (Å²) in [4.78, 5) is 12.4. The van der Waals surface area contributed by atoms with Crippen molar-refractivity contribution in [2.45, 2.75) is 78.6 Å². The molecule has 0 N–H and O–H groups in total. The Balaban J connectivity index is 2.83. The Morgan fingerprint density at radius 1 is 1.04 bits per heavy atom. The van der Waals surface area contributed by atoms with Crippen molar-refractivity contribution in [1.82, 2.24) is 0 Å². The molecule has 146 valence electrons. The van der Waals surface area contributed by atoms with Gasteiger partial charge in [0.2, 0.25) is 7.37 Å². The topological polar surface area (TPSA) is 52.6 Å². The van der Waals surface area contributed by atoms with E-state index in [1.165, 1.54) is 19.3 Å². The first-order chi connectivity index (χ1) is 12.0. The summed E-state index contributed by atoms with van der Waals surface area (Å²) in [6.45, 7) is 6.60. The second-order valence-electron chi connectivity index (χ2n) is 6.99. The molecule has 0 saturated heterocycles. The second kappa shape index (κ2) is 12.7. The lowest BCUT2D eigenvalue weighted by atomic mass is 9.88. The van der Waals surface area contributed by atoms with Crippen molar-refractivity contribution in [2.24, 2.45) is 5.92 Å². The molecule has 1 aliphatic carbocycles.